The first-order valence-corrected chi connectivity index (χ1v) is 10.5. The van der Waals surface area contributed by atoms with Crippen LogP contribution < -0.4 is 0 Å². The molecule has 0 amide bonds. The third-order valence-electron chi connectivity index (χ3n) is 10.4. The van der Waals surface area contributed by atoms with Crippen molar-refractivity contribution in [2.75, 3.05) is 0 Å². The molecule has 0 aromatic heterocycles. The molecule has 0 saturated heterocycles. The van der Waals surface area contributed by atoms with Crippen LogP contribution in [0.25, 0.3) is 0 Å². The highest BCUT2D eigenvalue weighted by molar-refractivity contribution is 5.41. The van der Waals surface area contributed by atoms with E-state index in [4.69, 9.17) is 0 Å². The van der Waals surface area contributed by atoms with E-state index in [0.717, 1.165) is 0 Å². The topological polar surface area (TPSA) is 121 Å². The second-order valence-corrected chi connectivity index (χ2v) is 11.3. The van der Waals surface area contributed by atoms with E-state index in [0.29, 0.717) is 24.8 Å². The van der Waals surface area contributed by atoms with Gasteiger partial charge in [0.2, 0.25) is 0 Å². The second-order valence-electron chi connectivity index (χ2n) is 11.3. The van der Waals surface area contributed by atoms with Gasteiger partial charge in [-0.25, -0.2) is 0 Å². The summed E-state index contributed by atoms with van der Waals surface area (Å²) in [5, 5.41) is 67.8. The summed E-state index contributed by atoms with van der Waals surface area (Å²) >= 11 is 0. The summed E-state index contributed by atoms with van der Waals surface area (Å²) in [7, 11) is 0. The maximum atomic E-state index is 12.0. The highest BCUT2D eigenvalue weighted by Gasteiger charge is 2.81. The van der Waals surface area contributed by atoms with Crippen LogP contribution in [0.15, 0.2) is 12.2 Å². The van der Waals surface area contributed by atoms with Gasteiger partial charge in [-0.05, 0) is 37.0 Å². The van der Waals surface area contributed by atoms with Crippen molar-refractivity contribution in [1.29, 1.82) is 0 Å². The predicted molar refractivity (Wildman–Crippen MR) is 103 cm³/mol. The Labute approximate surface area is 166 Å². The van der Waals surface area contributed by atoms with Crippen molar-refractivity contribution in [2.24, 2.45) is 27.6 Å². The second kappa shape index (κ2) is 5.21. The van der Waals surface area contributed by atoms with Crippen LogP contribution >= 0.6 is 0 Å². The van der Waals surface area contributed by atoms with Crippen LogP contribution in [0.1, 0.15) is 60.3 Å². The molecule has 160 valence electrons. The van der Waals surface area contributed by atoms with Gasteiger partial charge >= 0.3 is 0 Å². The van der Waals surface area contributed by atoms with E-state index >= 15 is 0 Å². The summed E-state index contributed by atoms with van der Waals surface area (Å²) in [6.07, 6.45) is -3.41. The largest absolute Gasteiger partial charge is 0.390 e. The Bertz CT molecular complexity index is 737. The van der Waals surface area contributed by atoms with Crippen LogP contribution in [0.3, 0.4) is 0 Å². The van der Waals surface area contributed by atoms with Gasteiger partial charge in [-0.2, -0.15) is 0 Å². The van der Waals surface area contributed by atoms with Gasteiger partial charge < -0.3 is 30.6 Å². The molecule has 4 aliphatic carbocycles. The van der Waals surface area contributed by atoms with E-state index in [-0.39, 0.29) is 12.3 Å². The molecule has 4 fully saturated rings. The van der Waals surface area contributed by atoms with Crippen molar-refractivity contribution < 1.29 is 30.6 Å². The quantitative estimate of drug-likeness (QED) is 0.336. The molecular formula is C22H36O6. The molecule has 0 aromatic rings. The Morgan fingerprint density at radius 1 is 0.893 bits per heavy atom. The fourth-order valence-corrected chi connectivity index (χ4v) is 8.14. The predicted octanol–water partition coefficient (Wildman–Crippen LogP) is 0.725. The molecule has 6 heteroatoms. The standard InChI is InChI=1S/C22H36O6/c1-11-9-20-10-13(23)22(28)17(3,4)14(24)15(25)19(22,6)12(2)18(20,5)7-8-21(11,27)16(20)26/h11,13-16,23-28H,2,7-10H2,1,3-6H3/t11-,13+,14-,15+,16+,18-,19+,20-,21+,22-/m0/s1. The van der Waals surface area contributed by atoms with Gasteiger partial charge in [-0.3, -0.25) is 0 Å². The zero-order chi connectivity index (χ0) is 21.3. The number of aliphatic hydroxyl groups is 6. The first-order chi connectivity index (χ1) is 12.6. The molecule has 0 radical (unpaired) electrons. The molecule has 1 spiro atoms. The lowest BCUT2D eigenvalue weighted by Gasteiger charge is -2.57. The smallest absolute Gasteiger partial charge is 0.110 e. The van der Waals surface area contributed by atoms with Crippen LogP contribution in [0.5, 0.6) is 0 Å². The normalized spacial score (nSPS) is 63.0. The van der Waals surface area contributed by atoms with Crippen LogP contribution in [0, 0.1) is 27.6 Å². The molecule has 4 saturated carbocycles. The number of rotatable bonds is 0. The van der Waals surface area contributed by atoms with Gasteiger partial charge in [0.25, 0.3) is 0 Å². The van der Waals surface area contributed by atoms with Crippen LogP contribution in [-0.4, -0.2) is 66.3 Å². The maximum Gasteiger partial charge on any atom is 0.110 e. The van der Waals surface area contributed by atoms with Crippen LogP contribution in [0.4, 0.5) is 0 Å². The Hall–Kier alpha value is -0.500. The summed E-state index contributed by atoms with van der Waals surface area (Å²) in [4.78, 5) is 0. The molecule has 2 bridgehead atoms. The molecule has 0 unspecified atom stereocenters. The molecule has 6 N–H and O–H groups in total. The lowest BCUT2D eigenvalue weighted by atomic mass is 9.49. The molecule has 0 heterocycles. The fraction of sp³-hybridized carbons (Fsp3) is 0.909. The minimum Gasteiger partial charge on any atom is -0.390 e. The maximum absolute atomic E-state index is 12.0. The minimum atomic E-state index is -1.84. The third-order valence-corrected chi connectivity index (χ3v) is 10.4. The van der Waals surface area contributed by atoms with Crippen LogP contribution in [0.2, 0.25) is 0 Å². The molecule has 28 heavy (non-hydrogen) atoms. The van der Waals surface area contributed by atoms with Crippen molar-refractivity contribution in [3.8, 4) is 0 Å². The van der Waals surface area contributed by atoms with Crippen molar-refractivity contribution in [3.05, 3.63) is 12.2 Å². The highest BCUT2D eigenvalue weighted by Crippen LogP contribution is 2.76. The van der Waals surface area contributed by atoms with Gasteiger partial charge in [0, 0.05) is 16.2 Å². The van der Waals surface area contributed by atoms with E-state index in [1.54, 1.807) is 20.8 Å². The minimum absolute atomic E-state index is 0.0747. The van der Waals surface area contributed by atoms with Gasteiger partial charge in [-0.1, -0.05) is 46.8 Å². The monoisotopic (exact) mass is 396 g/mol. The van der Waals surface area contributed by atoms with Crippen molar-refractivity contribution in [1.82, 2.24) is 0 Å². The van der Waals surface area contributed by atoms with E-state index in [1.807, 2.05) is 13.8 Å². The summed E-state index contributed by atoms with van der Waals surface area (Å²) in [5.41, 5.74) is -6.66. The zero-order valence-electron chi connectivity index (χ0n) is 17.6. The zero-order valence-corrected chi connectivity index (χ0v) is 17.6. The van der Waals surface area contributed by atoms with Gasteiger partial charge in [0.1, 0.15) is 5.60 Å². The van der Waals surface area contributed by atoms with Crippen molar-refractivity contribution in [3.63, 3.8) is 0 Å². The fourth-order valence-electron chi connectivity index (χ4n) is 8.14. The molecule has 4 aliphatic rings. The van der Waals surface area contributed by atoms with E-state index in [9.17, 15) is 30.6 Å². The Kier molecular flexibility index (Phi) is 3.86. The summed E-state index contributed by atoms with van der Waals surface area (Å²) in [6.45, 7) is 13.2. The van der Waals surface area contributed by atoms with Crippen molar-refractivity contribution >= 4 is 0 Å². The lowest BCUT2D eigenvalue weighted by Crippen LogP contribution is -2.61. The van der Waals surface area contributed by atoms with Gasteiger partial charge in [-0.15, -0.1) is 0 Å². The number of fused-ring (bicyclic) bond motifs is 2. The van der Waals surface area contributed by atoms with E-state index in [1.165, 1.54) is 0 Å². The van der Waals surface area contributed by atoms with E-state index in [2.05, 4.69) is 6.58 Å². The van der Waals surface area contributed by atoms with Crippen LogP contribution in [-0.2, 0) is 0 Å². The molecule has 6 nitrogen and oxygen atoms in total. The van der Waals surface area contributed by atoms with Gasteiger partial charge in [0.15, 0.2) is 0 Å². The average molecular weight is 397 g/mol. The first-order valence-electron chi connectivity index (χ1n) is 10.5. The molecule has 4 rings (SSSR count). The summed E-state index contributed by atoms with van der Waals surface area (Å²) in [6, 6.07) is 0. The molecule has 0 aromatic carbocycles. The lowest BCUT2D eigenvalue weighted by molar-refractivity contribution is -0.201. The Balaban J connectivity index is 2.00. The summed E-state index contributed by atoms with van der Waals surface area (Å²) in [5.74, 6) is -0.159. The summed E-state index contributed by atoms with van der Waals surface area (Å²) < 4.78 is 0. The third kappa shape index (κ3) is 1.68. The Morgan fingerprint density at radius 3 is 2.04 bits per heavy atom. The highest BCUT2D eigenvalue weighted by atomic mass is 16.4. The first kappa shape index (κ1) is 20.8. The number of aliphatic hydroxyl groups excluding tert-OH is 4. The van der Waals surface area contributed by atoms with Crippen molar-refractivity contribution in [2.45, 2.75) is 95.9 Å². The molecule has 10 atom stereocenters. The van der Waals surface area contributed by atoms with Gasteiger partial charge in [0.05, 0.1) is 30.0 Å². The Morgan fingerprint density at radius 2 is 1.46 bits per heavy atom. The number of hydrogen-bond acceptors (Lipinski definition) is 6. The SMILES string of the molecule is C=C1[C@]2(C)CC[C@@]3(O)[C@@H](C)C[C@]2(C[C@@H](O)[C@]2(O)C(C)(C)[C@@H](O)[C@@H](O)[C@@]12C)[C@H]3O. The molecular weight excluding hydrogens is 360 g/mol. The van der Waals surface area contributed by atoms with E-state index < -0.39 is 57.3 Å². The number of hydrogen-bond donors (Lipinski definition) is 6. The molecule has 0 aliphatic heterocycles. The average Bonchev–Trinajstić information content (AvgIpc) is 2.81.